The molecule has 33 nitrogen and oxygen atoms in total. The zero-order valence-electron chi connectivity index (χ0n) is 38.9. The van der Waals surface area contributed by atoms with Gasteiger partial charge in [-0.25, -0.2) is 0 Å². The average Bonchev–Trinajstić information content (AvgIpc) is 3.35. The van der Waals surface area contributed by atoms with Crippen molar-refractivity contribution in [2.45, 2.75) is 198 Å². The maximum Gasteiger partial charge on any atom is 0.217 e. The summed E-state index contributed by atoms with van der Waals surface area (Å²) in [6.45, 7) is -3.57. The Morgan fingerprint density at radius 3 is 1.27 bits per heavy atom. The van der Waals surface area contributed by atoms with E-state index in [0.717, 1.165) is 13.8 Å². The number of carbonyl (C=O) groups excluding carboxylic acids is 2. The maximum atomic E-state index is 12.7. The molecule has 0 unspecified atom stereocenters. The number of hydrogen-bond donors (Lipinski definition) is 20. The molecule has 6 aliphatic rings. The summed E-state index contributed by atoms with van der Waals surface area (Å²) >= 11 is 0. The second-order valence-electron chi connectivity index (χ2n) is 18.3. The van der Waals surface area contributed by atoms with Crippen LogP contribution in [0.15, 0.2) is 0 Å². The molecule has 6 heterocycles. The smallest absolute Gasteiger partial charge is 0.217 e. The molecule has 0 saturated carbocycles. The van der Waals surface area contributed by atoms with Gasteiger partial charge in [-0.05, 0) is 0 Å². The summed E-state index contributed by atoms with van der Waals surface area (Å²) in [7, 11) is 0. The van der Waals surface area contributed by atoms with Crippen LogP contribution in [0.25, 0.3) is 0 Å². The Morgan fingerprint density at radius 2 is 0.740 bits per heavy atom. The van der Waals surface area contributed by atoms with Crippen LogP contribution in [0.3, 0.4) is 0 Å². The first kappa shape index (κ1) is 60.0. The molecule has 33 heteroatoms. The lowest BCUT2D eigenvalue weighted by atomic mass is 9.93. The standard InChI is InChI=1S/C40H68N2O31/c1-9(48)41-17-23(54)32(16(64-35(17)62)8-63-37-28(59)25(56)19(50)11(3-43)65-37)70-36-18(42-10(2)49)24(55)31(15(7-47)69-36)71-39-30(61)33(22(53)14(6-46)67-39)72-40-34(27(58)21(52)13(5-45)68-40)73-38-29(60)26(57)20(51)12(4-44)66-38/h11-40,43-47,50-62H,3-8H2,1-2H3,(H,41,48)(H,42,49)/t11-,12-,13-,14-,15-,16-,17-,18-,19-,20-,21-,22-,23-,24-,25+,26+,27+,28+,29+,30+,31-,32-,33+,34+,35-,36+,37+,38-,39+,40-/m1/s1. The van der Waals surface area contributed by atoms with E-state index in [1.165, 1.54) is 0 Å². The zero-order chi connectivity index (χ0) is 53.9. The predicted molar refractivity (Wildman–Crippen MR) is 222 cm³/mol. The van der Waals surface area contributed by atoms with Crippen LogP contribution in [-0.2, 0) is 61.7 Å². The molecule has 6 saturated heterocycles. The number of hydrogen-bond acceptors (Lipinski definition) is 31. The highest BCUT2D eigenvalue weighted by Gasteiger charge is 2.58. The third kappa shape index (κ3) is 13.0. The van der Waals surface area contributed by atoms with Gasteiger partial charge in [0.05, 0.1) is 39.6 Å². The quantitative estimate of drug-likeness (QED) is 0.0606. The molecule has 30 atom stereocenters. The van der Waals surface area contributed by atoms with Crippen LogP contribution in [-0.4, -0.2) is 327 Å². The summed E-state index contributed by atoms with van der Waals surface area (Å²) in [5.41, 5.74) is 0. The van der Waals surface area contributed by atoms with Crippen molar-refractivity contribution >= 4 is 11.8 Å². The van der Waals surface area contributed by atoms with Crippen molar-refractivity contribution in [3.63, 3.8) is 0 Å². The minimum absolute atomic E-state index is 0.767. The van der Waals surface area contributed by atoms with E-state index >= 15 is 0 Å². The van der Waals surface area contributed by atoms with E-state index in [4.69, 9.17) is 52.1 Å². The lowest BCUT2D eigenvalue weighted by Gasteiger charge is -2.50. The van der Waals surface area contributed by atoms with Gasteiger partial charge < -0.3 is 155 Å². The largest absolute Gasteiger partial charge is 0.394 e. The van der Waals surface area contributed by atoms with E-state index in [2.05, 4.69) is 10.6 Å². The highest BCUT2D eigenvalue weighted by Crippen LogP contribution is 2.36. The molecule has 6 rings (SSSR count). The lowest BCUT2D eigenvalue weighted by Crippen LogP contribution is -2.70. The summed E-state index contributed by atoms with van der Waals surface area (Å²) in [5.74, 6) is -1.62. The van der Waals surface area contributed by atoms with Crippen molar-refractivity contribution in [3.05, 3.63) is 0 Å². The first-order valence-corrected chi connectivity index (χ1v) is 23.1. The monoisotopic (exact) mass is 1070 g/mol. The van der Waals surface area contributed by atoms with E-state index in [1.807, 2.05) is 0 Å². The Morgan fingerprint density at radius 1 is 0.356 bits per heavy atom. The highest BCUT2D eigenvalue weighted by atomic mass is 16.8. The predicted octanol–water partition coefficient (Wildman–Crippen LogP) is -13.8. The van der Waals surface area contributed by atoms with Crippen LogP contribution < -0.4 is 10.6 Å². The van der Waals surface area contributed by atoms with Gasteiger partial charge in [0, 0.05) is 13.8 Å². The molecule has 0 aromatic carbocycles. The summed E-state index contributed by atoms with van der Waals surface area (Å²) in [5, 5.41) is 196. The Balaban J connectivity index is 1.23. The molecule has 0 aromatic heterocycles. The molecule has 0 spiro atoms. The Hall–Kier alpha value is -2.22. The van der Waals surface area contributed by atoms with Gasteiger partial charge in [0.25, 0.3) is 0 Å². The van der Waals surface area contributed by atoms with Crippen LogP contribution >= 0.6 is 0 Å². The molecule has 20 N–H and O–H groups in total. The first-order chi connectivity index (χ1) is 34.5. The van der Waals surface area contributed by atoms with Crippen molar-refractivity contribution in [3.8, 4) is 0 Å². The fourth-order valence-electron chi connectivity index (χ4n) is 9.20. The number of carbonyl (C=O) groups is 2. The van der Waals surface area contributed by atoms with Crippen molar-refractivity contribution < 1.29 is 154 Å². The summed E-state index contributed by atoms with van der Waals surface area (Å²) in [4.78, 5) is 24.8. The summed E-state index contributed by atoms with van der Waals surface area (Å²) < 4.78 is 62.7. The second-order valence-corrected chi connectivity index (χ2v) is 18.3. The normalized spacial score (nSPS) is 49.8. The van der Waals surface area contributed by atoms with Gasteiger partial charge in [0.2, 0.25) is 11.8 Å². The average molecular weight is 1070 g/mol. The van der Waals surface area contributed by atoms with Gasteiger partial charge in [-0.2, -0.15) is 0 Å². The zero-order valence-corrected chi connectivity index (χ0v) is 38.9. The van der Waals surface area contributed by atoms with Gasteiger partial charge in [-0.15, -0.1) is 0 Å². The lowest BCUT2D eigenvalue weighted by molar-refractivity contribution is -0.396. The Kier molecular flexibility index (Phi) is 21.3. The van der Waals surface area contributed by atoms with Crippen LogP contribution in [0.4, 0.5) is 0 Å². The molecular formula is C40H68N2O31. The summed E-state index contributed by atoms with van der Waals surface area (Å²) in [6.07, 6.45) is -53.3. The van der Waals surface area contributed by atoms with Crippen molar-refractivity contribution in [2.24, 2.45) is 0 Å². The Labute approximate surface area is 413 Å². The van der Waals surface area contributed by atoms with Crippen LogP contribution in [0, 0.1) is 0 Å². The van der Waals surface area contributed by atoms with Crippen LogP contribution in [0.2, 0.25) is 0 Å². The minimum Gasteiger partial charge on any atom is -0.394 e. The third-order valence-corrected chi connectivity index (χ3v) is 13.2. The first-order valence-electron chi connectivity index (χ1n) is 23.1. The van der Waals surface area contributed by atoms with Gasteiger partial charge in [0.1, 0.15) is 146 Å². The molecule has 6 fully saturated rings. The molecule has 0 aliphatic carbocycles. The number of rotatable bonds is 18. The molecule has 0 aromatic rings. The van der Waals surface area contributed by atoms with E-state index in [9.17, 15) is 102 Å². The van der Waals surface area contributed by atoms with Crippen molar-refractivity contribution in [1.82, 2.24) is 10.6 Å². The second kappa shape index (κ2) is 26.0. The van der Waals surface area contributed by atoms with Crippen molar-refractivity contribution in [2.75, 3.05) is 39.6 Å². The highest BCUT2D eigenvalue weighted by molar-refractivity contribution is 5.73. The molecule has 0 radical (unpaired) electrons. The molecule has 6 aliphatic heterocycles. The Bertz CT molecular complexity index is 1750. The topological polar surface area (TPSA) is 524 Å². The van der Waals surface area contributed by atoms with E-state index in [-0.39, 0.29) is 0 Å². The van der Waals surface area contributed by atoms with Gasteiger partial charge in [-0.1, -0.05) is 0 Å². The van der Waals surface area contributed by atoms with E-state index < -0.39 is 236 Å². The van der Waals surface area contributed by atoms with E-state index in [0.29, 0.717) is 0 Å². The van der Waals surface area contributed by atoms with Gasteiger partial charge in [-0.3, -0.25) is 9.59 Å². The fraction of sp³-hybridized carbons (Fsp3) is 0.950. The number of aliphatic hydroxyl groups is 18. The minimum atomic E-state index is -2.25. The number of aliphatic hydroxyl groups excluding tert-OH is 18. The maximum absolute atomic E-state index is 12.7. The van der Waals surface area contributed by atoms with Gasteiger partial charge in [0.15, 0.2) is 37.7 Å². The van der Waals surface area contributed by atoms with Crippen LogP contribution in [0.1, 0.15) is 13.8 Å². The van der Waals surface area contributed by atoms with Crippen molar-refractivity contribution in [1.29, 1.82) is 0 Å². The van der Waals surface area contributed by atoms with Gasteiger partial charge >= 0.3 is 0 Å². The number of ether oxygens (including phenoxy) is 11. The molecule has 0 bridgehead atoms. The number of nitrogens with one attached hydrogen (secondary N) is 2. The molecule has 73 heavy (non-hydrogen) atoms. The molecular weight excluding hydrogens is 1000 g/mol. The number of amides is 2. The molecule has 2 amide bonds. The van der Waals surface area contributed by atoms with E-state index in [1.54, 1.807) is 0 Å². The fourth-order valence-corrected chi connectivity index (χ4v) is 9.20. The SMILES string of the molecule is CC(=O)N[C@@H]1[C@@H](O)[C@H](O[C@@H]2O[C@H](CO)[C@@H](O[C@@H]3O[C@H](CO)[C@@H](O)[C@H](O[C@H]4O[C@H](CO)[C@@H](O)[C@H](O)[C@@H]4O[C@H]4O[C@H](CO)[C@@H](O)[C@H](O)[C@@H]4O)[C@@H]3O)[C@H](O)[C@H]2NC(C)=O)[C@@H](CO[C@H]2O[C@H](CO)[C@@H](O)[C@H](O)[C@@H]2O)O[C@H]1O. The van der Waals surface area contributed by atoms with Crippen LogP contribution in [0.5, 0.6) is 0 Å². The summed E-state index contributed by atoms with van der Waals surface area (Å²) in [6, 6.07) is -3.43. The third-order valence-electron chi connectivity index (χ3n) is 13.2. The molecule has 424 valence electrons.